The van der Waals surface area contributed by atoms with Crippen LogP contribution in [0.1, 0.15) is 11.1 Å². The highest BCUT2D eigenvalue weighted by atomic mass is 79.9. The molecule has 0 spiro atoms. The molecule has 4 aromatic rings. The van der Waals surface area contributed by atoms with Crippen LogP contribution in [0.2, 0.25) is 15.1 Å². The fourth-order valence-corrected chi connectivity index (χ4v) is 5.73. The molecular weight excluding hydrogens is 735 g/mol. The second-order valence-corrected chi connectivity index (χ2v) is 13.0. The largest absolute Gasteiger partial charge is 0.456 e. The molecule has 0 heterocycles. The van der Waals surface area contributed by atoms with Gasteiger partial charge in [0.2, 0.25) is 9.84 Å². The monoisotopic (exact) mass is 752 g/mol. The fourth-order valence-electron chi connectivity index (χ4n) is 3.59. The Labute approximate surface area is 274 Å². The topological polar surface area (TPSA) is 79.6 Å². The van der Waals surface area contributed by atoms with Crippen LogP contribution in [0, 0.1) is 23.0 Å². The summed E-state index contributed by atoms with van der Waals surface area (Å²) in [6, 6.07) is 16.5. The van der Waals surface area contributed by atoms with Crippen molar-refractivity contribution < 1.29 is 35.5 Å². The summed E-state index contributed by atoms with van der Waals surface area (Å²) in [5, 5.41) is 9.05. The van der Waals surface area contributed by atoms with Gasteiger partial charge in [0.25, 0.3) is 0 Å². The minimum absolute atomic E-state index is 0.0154. The first-order chi connectivity index (χ1) is 20.6. The summed E-state index contributed by atoms with van der Waals surface area (Å²) >= 11 is 21.0. The van der Waals surface area contributed by atoms with E-state index in [4.69, 9.17) is 49.5 Å². The van der Waals surface area contributed by atoms with Crippen molar-refractivity contribution in [2.75, 3.05) is 14.1 Å². The van der Waals surface area contributed by atoms with Gasteiger partial charge >= 0.3 is 5.76 Å². The number of hydrogen-bond donors (Lipinski definition) is 0. The first-order valence-corrected chi connectivity index (χ1v) is 15.5. The maximum atomic E-state index is 13.4. The Morgan fingerprint density at radius 3 is 1.91 bits per heavy atom. The highest BCUT2D eigenvalue weighted by Crippen LogP contribution is 2.38. The second kappa shape index (κ2) is 15.3. The molecule has 0 fully saturated rings. The van der Waals surface area contributed by atoms with E-state index in [0.29, 0.717) is 15.8 Å². The summed E-state index contributed by atoms with van der Waals surface area (Å²) in [7, 11) is -1.62. The normalized spacial score (nSPS) is 11.2. The Kier molecular flexibility index (Phi) is 12.3. The van der Waals surface area contributed by atoms with E-state index in [1.54, 1.807) is 37.2 Å². The molecule has 0 bridgehead atoms. The smallest absolute Gasteiger partial charge is 0.341 e. The molecule has 0 radical (unpaired) electrons. The lowest BCUT2D eigenvalue weighted by atomic mass is 10.2. The van der Waals surface area contributed by atoms with Crippen LogP contribution in [0.25, 0.3) is 0 Å². The van der Waals surface area contributed by atoms with Crippen LogP contribution in [-0.2, 0) is 16.4 Å². The Morgan fingerprint density at radius 2 is 1.43 bits per heavy atom. The number of rotatable bonds is 8. The Balaban J connectivity index is 0.000000257. The summed E-state index contributed by atoms with van der Waals surface area (Å²) in [4.78, 5) is 0.977. The minimum atomic E-state index is -4.86. The van der Waals surface area contributed by atoms with Gasteiger partial charge in [-0.25, -0.2) is 17.2 Å². The van der Waals surface area contributed by atoms with Crippen molar-refractivity contribution in [3.05, 3.63) is 109 Å². The quantitative estimate of drug-likeness (QED) is 0.167. The third-order valence-electron chi connectivity index (χ3n) is 5.39. The van der Waals surface area contributed by atoms with Gasteiger partial charge in [-0.2, -0.15) is 14.0 Å². The SMILES string of the molecule is CN(C)Cc1c(S(=O)(=O)C(F)F)ccc(Oc2cc(F)cc(Cl)c2)c1Cl.N#Cc1cccc(Oc2cc(F)cc(Cl)c2)c1Br. The highest BCUT2D eigenvalue weighted by Gasteiger charge is 2.31. The molecule has 0 aromatic heterocycles. The first kappa shape index (κ1) is 35.4. The lowest BCUT2D eigenvalue weighted by Crippen LogP contribution is -2.18. The van der Waals surface area contributed by atoms with Crippen LogP contribution < -0.4 is 9.47 Å². The molecule has 15 heteroatoms. The van der Waals surface area contributed by atoms with Gasteiger partial charge in [0.15, 0.2) is 0 Å². The van der Waals surface area contributed by atoms with Gasteiger partial charge in [-0.05, 0) is 78.6 Å². The number of hydrogen-bond acceptors (Lipinski definition) is 6. The maximum Gasteiger partial charge on any atom is 0.341 e. The van der Waals surface area contributed by atoms with Gasteiger partial charge in [0.05, 0.1) is 20.0 Å². The molecule has 0 saturated heterocycles. The van der Waals surface area contributed by atoms with Crippen molar-refractivity contribution >= 4 is 60.6 Å². The molecule has 0 N–H and O–H groups in total. The number of nitriles is 1. The molecule has 0 atom stereocenters. The number of sulfone groups is 1. The Bertz CT molecular complexity index is 1780. The summed E-state index contributed by atoms with van der Waals surface area (Å²) < 4.78 is 87.8. The van der Waals surface area contributed by atoms with Crippen molar-refractivity contribution in [1.29, 1.82) is 5.26 Å². The summed E-state index contributed by atoms with van der Waals surface area (Å²) in [5.41, 5.74) is 0.395. The summed E-state index contributed by atoms with van der Waals surface area (Å²) in [5.74, 6) is -4.01. The van der Waals surface area contributed by atoms with Gasteiger partial charge < -0.3 is 14.4 Å². The van der Waals surface area contributed by atoms with Crippen molar-refractivity contribution in [1.82, 2.24) is 4.90 Å². The Morgan fingerprint density at radius 1 is 0.886 bits per heavy atom. The predicted molar refractivity (Wildman–Crippen MR) is 164 cm³/mol. The summed E-state index contributed by atoms with van der Waals surface area (Å²) in [6.07, 6.45) is 0. The molecular formula is C29H20BrCl3F4N2O4S. The van der Waals surface area contributed by atoms with E-state index < -0.39 is 32.1 Å². The third kappa shape index (κ3) is 9.23. The zero-order valence-electron chi connectivity index (χ0n) is 22.6. The number of alkyl halides is 2. The van der Waals surface area contributed by atoms with Crippen LogP contribution in [0.5, 0.6) is 23.0 Å². The lowest BCUT2D eigenvalue weighted by Gasteiger charge is -2.18. The molecule has 0 saturated carbocycles. The van der Waals surface area contributed by atoms with E-state index in [1.165, 1.54) is 24.3 Å². The average molecular weight is 755 g/mol. The van der Waals surface area contributed by atoms with Gasteiger partial charge in [-0.1, -0.05) is 40.9 Å². The fraction of sp³-hybridized carbons (Fsp3) is 0.138. The van der Waals surface area contributed by atoms with Crippen molar-refractivity contribution in [2.24, 2.45) is 0 Å². The Hall–Kier alpha value is -3.05. The molecule has 4 aromatic carbocycles. The first-order valence-electron chi connectivity index (χ1n) is 12.1. The van der Waals surface area contributed by atoms with Crippen molar-refractivity contribution in [3.8, 4) is 29.1 Å². The molecule has 232 valence electrons. The van der Waals surface area contributed by atoms with Crippen molar-refractivity contribution in [3.63, 3.8) is 0 Å². The molecule has 4 rings (SSSR count). The zero-order chi connectivity index (χ0) is 32.8. The zero-order valence-corrected chi connectivity index (χ0v) is 27.3. The van der Waals surface area contributed by atoms with Crippen LogP contribution >= 0.6 is 50.7 Å². The van der Waals surface area contributed by atoms with Crippen LogP contribution in [-0.4, -0.2) is 33.2 Å². The summed E-state index contributed by atoms with van der Waals surface area (Å²) in [6.45, 7) is -0.0266. The molecule has 0 amide bonds. The van der Waals surface area contributed by atoms with Gasteiger partial charge in [0.1, 0.15) is 40.7 Å². The highest BCUT2D eigenvalue weighted by molar-refractivity contribution is 9.10. The number of benzene rings is 4. The van der Waals surface area contributed by atoms with Crippen LogP contribution in [0.4, 0.5) is 17.6 Å². The number of ether oxygens (including phenoxy) is 2. The van der Waals surface area contributed by atoms with Gasteiger partial charge in [-0.15, -0.1) is 0 Å². The number of halogens is 8. The number of nitrogens with zero attached hydrogens (tertiary/aromatic N) is 2. The third-order valence-corrected chi connectivity index (χ3v) is 8.53. The van der Waals surface area contributed by atoms with Crippen molar-refractivity contribution in [2.45, 2.75) is 17.2 Å². The minimum Gasteiger partial charge on any atom is -0.456 e. The standard InChI is InChI=1S/C16H14Cl2F3NO3S.C13H6BrClFNO/c1-22(2)8-12-14(26(23,24)16(20)21)4-3-13(15(12)18)25-11-6-9(17)5-10(19)7-11;14-13-8(7-17)2-1-3-12(13)18-11-5-9(15)4-10(16)6-11/h3-7,16H,8H2,1-2H3;1-6H. The maximum absolute atomic E-state index is 13.4. The van der Waals surface area contributed by atoms with E-state index in [-0.39, 0.29) is 44.4 Å². The predicted octanol–water partition coefficient (Wildman–Crippen LogP) is 9.89. The van der Waals surface area contributed by atoms with E-state index in [0.717, 1.165) is 24.3 Å². The molecule has 0 aliphatic rings. The van der Waals surface area contributed by atoms with Crippen LogP contribution in [0.3, 0.4) is 0 Å². The molecule has 0 aliphatic heterocycles. The molecule has 44 heavy (non-hydrogen) atoms. The second-order valence-electron chi connectivity index (χ2n) is 9.04. The van der Waals surface area contributed by atoms with Gasteiger partial charge in [-0.3, -0.25) is 0 Å². The molecule has 6 nitrogen and oxygen atoms in total. The molecule has 0 aliphatic carbocycles. The van der Waals surface area contributed by atoms with Gasteiger partial charge in [0, 0.05) is 34.3 Å². The van der Waals surface area contributed by atoms with Crippen LogP contribution in [0.15, 0.2) is 76.1 Å². The average Bonchev–Trinajstić information content (AvgIpc) is 2.91. The van der Waals surface area contributed by atoms with E-state index in [9.17, 15) is 26.0 Å². The van der Waals surface area contributed by atoms with E-state index >= 15 is 0 Å². The van der Waals surface area contributed by atoms with E-state index in [1.807, 2.05) is 6.07 Å². The van der Waals surface area contributed by atoms with E-state index in [2.05, 4.69) is 15.9 Å². The molecule has 0 unspecified atom stereocenters. The lowest BCUT2D eigenvalue weighted by molar-refractivity contribution is 0.234.